The maximum atomic E-state index is 12.6. The highest BCUT2D eigenvalue weighted by molar-refractivity contribution is 6.10. The number of amides is 2. The molecule has 6 heteroatoms. The van der Waals surface area contributed by atoms with Crippen molar-refractivity contribution in [1.82, 2.24) is 0 Å². The molecule has 0 bridgehead atoms. The van der Waals surface area contributed by atoms with Crippen molar-refractivity contribution < 1.29 is 14.3 Å². The summed E-state index contributed by atoms with van der Waals surface area (Å²) in [7, 11) is 0. The SMILES string of the molecule is O=C(CC(=O)N1CCc2ccccc21)Nc1ccccc1N1CCOCC1. The van der Waals surface area contributed by atoms with E-state index >= 15 is 0 Å². The summed E-state index contributed by atoms with van der Waals surface area (Å²) in [5.41, 5.74) is 3.78. The van der Waals surface area contributed by atoms with Gasteiger partial charge in [0.15, 0.2) is 0 Å². The van der Waals surface area contributed by atoms with Gasteiger partial charge in [-0.25, -0.2) is 0 Å². The monoisotopic (exact) mass is 365 g/mol. The average Bonchev–Trinajstić information content (AvgIpc) is 3.13. The van der Waals surface area contributed by atoms with E-state index in [4.69, 9.17) is 4.74 Å². The number of carbonyl (C=O) groups is 2. The van der Waals surface area contributed by atoms with Crippen LogP contribution in [0.25, 0.3) is 0 Å². The summed E-state index contributed by atoms with van der Waals surface area (Å²) in [6.07, 6.45) is 0.676. The minimum absolute atomic E-state index is 0.161. The molecule has 6 nitrogen and oxygen atoms in total. The topological polar surface area (TPSA) is 61.9 Å². The Labute approximate surface area is 158 Å². The van der Waals surface area contributed by atoms with E-state index in [1.54, 1.807) is 4.90 Å². The molecule has 2 aliphatic rings. The van der Waals surface area contributed by atoms with Crippen LogP contribution in [0.15, 0.2) is 48.5 Å². The third kappa shape index (κ3) is 3.80. The molecule has 1 fully saturated rings. The Hall–Kier alpha value is -2.86. The molecule has 2 aromatic rings. The van der Waals surface area contributed by atoms with Gasteiger partial charge < -0.3 is 19.9 Å². The first-order valence-electron chi connectivity index (χ1n) is 9.32. The summed E-state index contributed by atoms with van der Waals surface area (Å²) in [6, 6.07) is 15.6. The fourth-order valence-electron chi connectivity index (χ4n) is 3.68. The first kappa shape index (κ1) is 17.5. The van der Waals surface area contributed by atoms with Gasteiger partial charge in [0.05, 0.1) is 24.6 Å². The van der Waals surface area contributed by atoms with Crippen LogP contribution in [0.2, 0.25) is 0 Å². The van der Waals surface area contributed by atoms with E-state index in [1.165, 1.54) is 0 Å². The van der Waals surface area contributed by atoms with Gasteiger partial charge in [-0.05, 0) is 30.2 Å². The van der Waals surface area contributed by atoms with E-state index in [-0.39, 0.29) is 18.2 Å². The van der Waals surface area contributed by atoms with Crippen LogP contribution in [0.5, 0.6) is 0 Å². The molecule has 0 unspecified atom stereocenters. The highest BCUT2D eigenvalue weighted by atomic mass is 16.5. The summed E-state index contributed by atoms with van der Waals surface area (Å²) < 4.78 is 5.40. The Balaban J connectivity index is 1.42. The van der Waals surface area contributed by atoms with Crippen molar-refractivity contribution in [2.24, 2.45) is 0 Å². The van der Waals surface area contributed by atoms with Crippen molar-refractivity contribution in [2.45, 2.75) is 12.8 Å². The van der Waals surface area contributed by atoms with E-state index in [0.717, 1.165) is 42.1 Å². The smallest absolute Gasteiger partial charge is 0.236 e. The number of nitrogens with one attached hydrogen (secondary N) is 1. The fraction of sp³-hybridized carbons (Fsp3) is 0.333. The lowest BCUT2D eigenvalue weighted by atomic mass is 10.2. The maximum Gasteiger partial charge on any atom is 0.236 e. The first-order valence-corrected chi connectivity index (χ1v) is 9.32. The van der Waals surface area contributed by atoms with Crippen LogP contribution in [0.3, 0.4) is 0 Å². The molecule has 0 saturated carbocycles. The summed E-state index contributed by atoms with van der Waals surface area (Å²) in [4.78, 5) is 29.1. The van der Waals surface area contributed by atoms with Crippen molar-refractivity contribution in [3.63, 3.8) is 0 Å². The summed E-state index contributed by atoms with van der Waals surface area (Å²) in [6.45, 7) is 3.56. The molecule has 0 aliphatic carbocycles. The van der Waals surface area contributed by atoms with Gasteiger partial charge in [-0.3, -0.25) is 9.59 Å². The quantitative estimate of drug-likeness (QED) is 0.846. The molecule has 4 rings (SSSR count). The molecule has 2 amide bonds. The number of fused-ring (bicyclic) bond motifs is 1. The Morgan fingerprint density at radius 1 is 0.926 bits per heavy atom. The molecule has 2 aliphatic heterocycles. The molecule has 2 heterocycles. The summed E-state index contributed by atoms with van der Waals surface area (Å²) in [5.74, 6) is -0.452. The van der Waals surface area contributed by atoms with Crippen molar-refractivity contribution in [3.8, 4) is 0 Å². The van der Waals surface area contributed by atoms with Crippen molar-refractivity contribution in [1.29, 1.82) is 0 Å². The number of morpholine rings is 1. The largest absolute Gasteiger partial charge is 0.378 e. The summed E-state index contributed by atoms with van der Waals surface area (Å²) >= 11 is 0. The Morgan fingerprint density at radius 2 is 1.63 bits per heavy atom. The van der Waals surface area contributed by atoms with E-state index in [0.29, 0.717) is 19.8 Å². The first-order chi connectivity index (χ1) is 13.2. The normalized spacial score (nSPS) is 16.1. The third-order valence-electron chi connectivity index (χ3n) is 5.03. The van der Waals surface area contributed by atoms with Crippen LogP contribution in [0.1, 0.15) is 12.0 Å². The van der Waals surface area contributed by atoms with Crippen molar-refractivity contribution in [3.05, 3.63) is 54.1 Å². The lowest BCUT2D eigenvalue weighted by molar-refractivity contribution is -0.125. The molecule has 1 saturated heterocycles. The van der Waals surface area contributed by atoms with Crippen molar-refractivity contribution in [2.75, 3.05) is 48.0 Å². The Morgan fingerprint density at radius 3 is 2.44 bits per heavy atom. The van der Waals surface area contributed by atoms with Gasteiger partial charge in [0.2, 0.25) is 11.8 Å². The molecule has 2 aromatic carbocycles. The molecule has 0 spiro atoms. The lowest BCUT2D eigenvalue weighted by Gasteiger charge is -2.30. The van der Waals surface area contributed by atoms with E-state index in [9.17, 15) is 9.59 Å². The van der Waals surface area contributed by atoms with Gasteiger partial charge in [-0.2, -0.15) is 0 Å². The zero-order chi connectivity index (χ0) is 18.6. The predicted molar refractivity (Wildman–Crippen MR) is 105 cm³/mol. The van der Waals surface area contributed by atoms with Gasteiger partial charge in [0.1, 0.15) is 6.42 Å². The fourth-order valence-corrected chi connectivity index (χ4v) is 3.68. The highest BCUT2D eigenvalue weighted by Crippen LogP contribution is 2.29. The molecule has 27 heavy (non-hydrogen) atoms. The third-order valence-corrected chi connectivity index (χ3v) is 5.03. The molecule has 140 valence electrons. The number of anilines is 3. The van der Waals surface area contributed by atoms with Crippen LogP contribution in [0, 0.1) is 0 Å². The average molecular weight is 365 g/mol. The second-order valence-corrected chi connectivity index (χ2v) is 6.77. The number of rotatable bonds is 4. The number of hydrogen-bond acceptors (Lipinski definition) is 4. The molecule has 0 aromatic heterocycles. The van der Waals surface area contributed by atoms with Gasteiger partial charge >= 0.3 is 0 Å². The predicted octanol–water partition coefficient (Wildman–Crippen LogP) is 2.44. The van der Waals surface area contributed by atoms with Gasteiger partial charge in [-0.15, -0.1) is 0 Å². The molecule has 0 atom stereocenters. The van der Waals surface area contributed by atoms with Gasteiger partial charge in [-0.1, -0.05) is 30.3 Å². The molecular weight excluding hydrogens is 342 g/mol. The second-order valence-electron chi connectivity index (χ2n) is 6.77. The lowest BCUT2D eigenvalue weighted by Crippen LogP contribution is -2.37. The van der Waals surface area contributed by atoms with Crippen LogP contribution < -0.4 is 15.1 Å². The zero-order valence-electron chi connectivity index (χ0n) is 15.2. The highest BCUT2D eigenvalue weighted by Gasteiger charge is 2.26. The van der Waals surface area contributed by atoms with Crippen LogP contribution in [-0.4, -0.2) is 44.7 Å². The second kappa shape index (κ2) is 7.80. The standard InChI is InChI=1S/C21H23N3O3/c25-20(15-21(26)24-10-9-16-5-1-3-7-18(16)24)22-17-6-2-4-8-19(17)23-11-13-27-14-12-23/h1-8H,9-15H2,(H,22,25). The number of ether oxygens (including phenoxy) is 1. The van der Waals surface area contributed by atoms with Crippen LogP contribution >= 0.6 is 0 Å². The number of hydrogen-bond donors (Lipinski definition) is 1. The molecule has 0 radical (unpaired) electrons. The number of para-hydroxylation sites is 3. The van der Waals surface area contributed by atoms with Crippen LogP contribution in [0.4, 0.5) is 17.1 Å². The van der Waals surface area contributed by atoms with E-state index in [2.05, 4.69) is 10.2 Å². The molecular formula is C21H23N3O3. The minimum Gasteiger partial charge on any atom is -0.378 e. The Kier molecular flexibility index (Phi) is 5.07. The number of nitrogens with zero attached hydrogens (tertiary/aromatic N) is 2. The van der Waals surface area contributed by atoms with Crippen molar-refractivity contribution >= 4 is 28.9 Å². The number of carbonyl (C=O) groups excluding carboxylic acids is 2. The van der Waals surface area contributed by atoms with Crippen LogP contribution in [-0.2, 0) is 20.7 Å². The van der Waals surface area contributed by atoms with Gasteiger partial charge in [0, 0.05) is 25.3 Å². The van der Waals surface area contributed by atoms with E-state index in [1.807, 2.05) is 48.5 Å². The maximum absolute atomic E-state index is 12.6. The molecule has 1 N–H and O–H groups in total. The van der Waals surface area contributed by atoms with E-state index < -0.39 is 0 Å². The zero-order valence-corrected chi connectivity index (χ0v) is 15.2. The number of benzene rings is 2. The minimum atomic E-state index is -0.287. The van der Waals surface area contributed by atoms with Gasteiger partial charge in [0.25, 0.3) is 0 Å². The Bertz CT molecular complexity index is 846. The summed E-state index contributed by atoms with van der Waals surface area (Å²) in [5, 5.41) is 2.92.